The molecular formula is C14H30N4O5. The highest BCUT2D eigenvalue weighted by atomic mass is 16.6. The van der Waals surface area contributed by atoms with Crippen molar-refractivity contribution >= 4 is 0 Å². The smallest absolute Gasteiger partial charge is 0.140 e. The fourth-order valence-corrected chi connectivity index (χ4v) is 2.92. The van der Waals surface area contributed by atoms with Crippen LogP contribution in [-0.4, -0.2) is 115 Å². The number of rotatable bonds is 2. The van der Waals surface area contributed by atoms with Crippen LogP contribution in [0.25, 0.3) is 0 Å². The third-order valence-corrected chi connectivity index (χ3v) is 4.34. The van der Waals surface area contributed by atoms with Crippen LogP contribution in [0.3, 0.4) is 0 Å². The van der Waals surface area contributed by atoms with Gasteiger partial charge in [-0.1, -0.05) is 0 Å². The zero-order valence-corrected chi connectivity index (χ0v) is 13.4. The molecule has 0 aromatic rings. The Balaban J connectivity index is 1.98. The van der Waals surface area contributed by atoms with Gasteiger partial charge in [-0.3, -0.25) is 4.90 Å². The van der Waals surface area contributed by atoms with Gasteiger partial charge < -0.3 is 41.1 Å². The lowest BCUT2D eigenvalue weighted by molar-refractivity contribution is -0.264. The van der Waals surface area contributed by atoms with Gasteiger partial charge in [0.05, 0.1) is 6.61 Å². The number of nitrogens with zero attached hydrogens (tertiary/aromatic N) is 1. The number of nitrogens with one attached hydrogen (secondary N) is 3. The minimum absolute atomic E-state index is 0.405. The van der Waals surface area contributed by atoms with Crippen LogP contribution in [0, 0.1) is 0 Å². The molecule has 0 aromatic carbocycles. The maximum absolute atomic E-state index is 10.3. The Morgan fingerprint density at radius 2 is 1.30 bits per heavy atom. The summed E-state index contributed by atoms with van der Waals surface area (Å²) in [4.78, 5) is 1.93. The van der Waals surface area contributed by atoms with E-state index in [0.717, 1.165) is 39.3 Å². The van der Waals surface area contributed by atoms with Crippen LogP contribution in [0.2, 0.25) is 0 Å². The summed E-state index contributed by atoms with van der Waals surface area (Å²) in [6, 6.07) is 0. The molecule has 0 spiro atoms. The van der Waals surface area contributed by atoms with E-state index in [9.17, 15) is 20.4 Å². The molecule has 0 bridgehead atoms. The summed E-state index contributed by atoms with van der Waals surface area (Å²) in [5.74, 6) is 0. The first kappa shape index (κ1) is 19.0. The van der Waals surface area contributed by atoms with Gasteiger partial charge in [0.25, 0.3) is 0 Å². The Morgan fingerprint density at radius 3 is 1.83 bits per heavy atom. The predicted molar refractivity (Wildman–Crippen MR) is 83.9 cm³/mol. The van der Waals surface area contributed by atoms with Gasteiger partial charge in [-0.05, 0) is 0 Å². The minimum atomic E-state index is -1.34. The van der Waals surface area contributed by atoms with Gasteiger partial charge in [0.15, 0.2) is 0 Å². The van der Waals surface area contributed by atoms with Gasteiger partial charge in [0.2, 0.25) is 0 Å². The summed E-state index contributed by atoms with van der Waals surface area (Å²) in [6.45, 7) is 5.77. The van der Waals surface area contributed by atoms with Gasteiger partial charge >= 0.3 is 0 Å². The van der Waals surface area contributed by atoms with Gasteiger partial charge in [0, 0.05) is 52.4 Å². The number of aliphatic hydroxyl groups excluding tert-OH is 4. The largest absolute Gasteiger partial charge is 0.394 e. The second-order valence-corrected chi connectivity index (χ2v) is 6.01. The van der Waals surface area contributed by atoms with E-state index in [1.807, 2.05) is 4.90 Å². The van der Waals surface area contributed by atoms with E-state index in [4.69, 9.17) is 4.74 Å². The molecular weight excluding hydrogens is 304 g/mol. The standard InChI is InChI=1S/C14H30N4O5/c19-9-10-11(20)12(21)13(22)14(23-10)18-7-5-16-3-1-15-2-4-17-6-8-18/h10-17,19-22H,1-9H2/t10?,11-,12?,13?,14-/m1/s1. The average molecular weight is 334 g/mol. The van der Waals surface area contributed by atoms with Crippen molar-refractivity contribution in [1.82, 2.24) is 20.9 Å². The summed E-state index contributed by atoms with van der Waals surface area (Å²) in [5, 5.41) is 49.3. The minimum Gasteiger partial charge on any atom is -0.394 e. The highest BCUT2D eigenvalue weighted by Gasteiger charge is 2.45. The molecule has 2 aliphatic heterocycles. The first-order chi connectivity index (χ1) is 11.1. The first-order valence-electron chi connectivity index (χ1n) is 8.32. The van der Waals surface area contributed by atoms with Crippen molar-refractivity contribution in [2.75, 3.05) is 59.0 Å². The van der Waals surface area contributed by atoms with Crippen molar-refractivity contribution in [1.29, 1.82) is 0 Å². The molecule has 2 aliphatic rings. The molecule has 2 saturated heterocycles. The highest BCUT2D eigenvalue weighted by Crippen LogP contribution is 2.23. The molecule has 2 rings (SSSR count). The van der Waals surface area contributed by atoms with Crippen molar-refractivity contribution < 1.29 is 25.2 Å². The molecule has 9 heteroatoms. The fourth-order valence-electron chi connectivity index (χ4n) is 2.92. The van der Waals surface area contributed by atoms with Gasteiger partial charge in [-0.25, -0.2) is 0 Å². The second kappa shape index (κ2) is 9.82. The van der Waals surface area contributed by atoms with Gasteiger partial charge in [0.1, 0.15) is 30.6 Å². The molecule has 0 saturated carbocycles. The summed E-state index contributed by atoms with van der Waals surface area (Å²) in [5.41, 5.74) is 0. The summed E-state index contributed by atoms with van der Waals surface area (Å²) in [7, 11) is 0. The second-order valence-electron chi connectivity index (χ2n) is 6.01. The lowest BCUT2D eigenvalue weighted by Gasteiger charge is -2.44. The average Bonchev–Trinajstić information content (AvgIpc) is 2.54. The van der Waals surface area contributed by atoms with E-state index < -0.39 is 37.3 Å². The number of hydrogen-bond acceptors (Lipinski definition) is 9. The Morgan fingerprint density at radius 1 is 0.783 bits per heavy atom. The Bertz CT molecular complexity index is 324. The quantitative estimate of drug-likeness (QED) is 0.269. The maximum atomic E-state index is 10.3. The zero-order chi connectivity index (χ0) is 16.7. The van der Waals surface area contributed by atoms with Crippen LogP contribution in [0.4, 0.5) is 0 Å². The van der Waals surface area contributed by atoms with E-state index in [0.29, 0.717) is 13.1 Å². The first-order valence-corrected chi connectivity index (χ1v) is 8.32. The molecule has 7 N–H and O–H groups in total. The molecule has 0 aliphatic carbocycles. The molecule has 0 radical (unpaired) electrons. The van der Waals surface area contributed by atoms with Crippen molar-refractivity contribution in [3.63, 3.8) is 0 Å². The molecule has 3 unspecified atom stereocenters. The molecule has 23 heavy (non-hydrogen) atoms. The molecule has 0 aromatic heterocycles. The molecule has 0 amide bonds. The number of aliphatic hydroxyl groups is 4. The third kappa shape index (κ3) is 5.31. The van der Waals surface area contributed by atoms with Crippen molar-refractivity contribution in [2.45, 2.75) is 30.6 Å². The van der Waals surface area contributed by atoms with E-state index in [-0.39, 0.29) is 0 Å². The highest BCUT2D eigenvalue weighted by molar-refractivity contribution is 4.92. The normalized spacial score (nSPS) is 39.4. The van der Waals surface area contributed by atoms with Gasteiger partial charge in [-0.15, -0.1) is 0 Å². The monoisotopic (exact) mass is 334 g/mol. The van der Waals surface area contributed by atoms with Crippen LogP contribution in [-0.2, 0) is 4.74 Å². The van der Waals surface area contributed by atoms with Crippen molar-refractivity contribution in [2.24, 2.45) is 0 Å². The van der Waals surface area contributed by atoms with Crippen LogP contribution in [0.5, 0.6) is 0 Å². The Kier molecular flexibility index (Phi) is 8.10. The predicted octanol–water partition coefficient (Wildman–Crippen LogP) is -4.13. The molecule has 2 heterocycles. The topological polar surface area (TPSA) is 129 Å². The van der Waals surface area contributed by atoms with Crippen molar-refractivity contribution in [3.8, 4) is 0 Å². The van der Waals surface area contributed by atoms with Gasteiger partial charge in [-0.2, -0.15) is 0 Å². The molecule has 136 valence electrons. The number of hydrogen-bond donors (Lipinski definition) is 7. The van der Waals surface area contributed by atoms with E-state index in [1.165, 1.54) is 0 Å². The van der Waals surface area contributed by atoms with E-state index in [2.05, 4.69) is 16.0 Å². The lowest BCUT2D eigenvalue weighted by atomic mass is 9.97. The summed E-state index contributed by atoms with van der Waals surface area (Å²) >= 11 is 0. The third-order valence-electron chi connectivity index (χ3n) is 4.34. The summed E-state index contributed by atoms with van der Waals surface area (Å²) < 4.78 is 5.64. The summed E-state index contributed by atoms with van der Waals surface area (Å²) in [6.07, 6.45) is -5.50. The maximum Gasteiger partial charge on any atom is 0.140 e. The lowest BCUT2D eigenvalue weighted by Crippen LogP contribution is -2.64. The molecule has 9 nitrogen and oxygen atoms in total. The van der Waals surface area contributed by atoms with E-state index >= 15 is 0 Å². The Labute approximate surface area is 136 Å². The van der Waals surface area contributed by atoms with Crippen molar-refractivity contribution in [3.05, 3.63) is 0 Å². The number of ether oxygens (including phenoxy) is 1. The van der Waals surface area contributed by atoms with Crippen LogP contribution < -0.4 is 16.0 Å². The van der Waals surface area contributed by atoms with Crippen LogP contribution >= 0.6 is 0 Å². The molecule has 5 atom stereocenters. The Hall–Kier alpha value is -0.360. The zero-order valence-electron chi connectivity index (χ0n) is 13.4. The SMILES string of the molecule is OCC1O[C@@H](N2CCNCCNCCNCC2)C(O)C(O)[C@@H]1O. The van der Waals surface area contributed by atoms with Crippen LogP contribution in [0.1, 0.15) is 0 Å². The molecule has 2 fully saturated rings. The fraction of sp³-hybridized carbons (Fsp3) is 1.00. The van der Waals surface area contributed by atoms with Crippen LogP contribution in [0.15, 0.2) is 0 Å². The van der Waals surface area contributed by atoms with E-state index in [1.54, 1.807) is 0 Å².